The highest BCUT2D eigenvalue weighted by molar-refractivity contribution is 6.08. The molecule has 0 saturated carbocycles. The number of nitrogens with zero attached hydrogens (tertiary/aromatic N) is 2. The number of nitrogens with one attached hydrogen (secondary N) is 1. The van der Waals surface area contributed by atoms with Crippen molar-refractivity contribution in [1.29, 1.82) is 0 Å². The fourth-order valence-corrected chi connectivity index (χ4v) is 4.22. The third kappa shape index (κ3) is 6.17. The van der Waals surface area contributed by atoms with Gasteiger partial charge in [0, 0.05) is 18.9 Å². The normalized spacial score (nSPS) is 11.7. The number of hydrogen-bond donors (Lipinski definition) is 1. The van der Waals surface area contributed by atoms with Gasteiger partial charge in [0.1, 0.15) is 18.8 Å². The van der Waals surface area contributed by atoms with E-state index in [9.17, 15) is 9.18 Å². The number of aryl methyl sites for hydroxylation is 2. The number of rotatable bonds is 6. The minimum Gasteiger partial charge on any atom is -0.486 e. The van der Waals surface area contributed by atoms with E-state index < -0.39 is 5.95 Å². The van der Waals surface area contributed by atoms with E-state index >= 15 is 0 Å². The molecule has 39 heavy (non-hydrogen) atoms. The Hall–Kier alpha value is -4.46. The maximum atomic E-state index is 13.6. The van der Waals surface area contributed by atoms with Gasteiger partial charge in [0.2, 0.25) is 11.8 Å². The van der Waals surface area contributed by atoms with Gasteiger partial charge in [-0.1, -0.05) is 39.0 Å². The van der Waals surface area contributed by atoms with Gasteiger partial charge in [-0.3, -0.25) is 4.79 Å². The zero-order valence-electron chi connectivity index (χ0n) is 22.8. The molecular weight excluding hydrogens is 497 g/mol. The quantitative estimate of drug-likeness (QED) is 0.259. The highest BCUT2D eigenvalue weighted by Crippen LogP contribution is 2.38. The Morgan fingerprint density at radius 2 is 1.82 bits per heavy atom. The van der Waals surface area contributed by atoms with Crippen molar-refractivity contribution in [1.82, 2.24) is 9.97 Å². The van der Waals surface area contributed by atoms with Gasteiger partial charge < -0.3 is 19.5 Å². The lowest BCUT2D eigenvalue weighted by atomic mass is 9.98. The number of pyridine rings is 2. The molecule has 0 bridgehead atoms. The van der Waals surface area contributed by atoms with Crippen LogP contribution in [0.1, 0.15) is 49.4 Å². The van der Waals surface area contributed by atoms with Crippen molar-refractivity contribution in [2.24, 2.45) is 0 Å². The lowest BCUT2D eigenvalue weighted by Gasteiger charge is -2.20. The van der Waals surface area contributed by atoms with Crippen LogP contribution in [0.2, 0.25) is 0 Å². The second kappa shape index (κ2) is 12.4. The van der Waals surface area contributed by atoms with Gasteiger partial charge in [-0.15, -0.1) is 0 Å². The Kier molecular flexibility index (Phi) is 8.76. The van der Waals surface area contributed by atoms with Crippen LogP contribution >= 0.6 is 0 Å². The van der Waals surface area contributed by atoms with Gasteiger partial charge in [-0.2, -0.15) is 4.39 Å². The summed E-state index contributed by atoms with van der Waals surface area (Å²) < 4.78 is 31.0. The number of carbonyl (C=O) groups excluding carboxylic acids is 1. The highest BCUT2D eigenvalue weighted by atomic mass is 19.1. The Labute approximate surface area is 229 Å². The number of ether oxygens (including phenoxy) is 3. The molecule has 1 aliphatic rings. The van der Waals surface area contributed by atoms with Crippen LogP contribution in [0.4, 0.5) is 10.1 Å². The Bertz CT molecular complexity index is 1500. The molecule has 8 heteroatoms. The maximum absolute atomic E-state index is 13.6. The van der Waals surface area contributed by atoms with Crippen LogP contribution in [0.5, 0.6) is 23.1 Å². The van der Waals surface area contributed by atoms with E-state index in [0.29, 0.717) is 47.4 Å². The molecule has 3 heterocycles. The van der Waals surface area contributed by atoms with E-state index in [-0.39, 0.29) is 18.8 Å². The standard InChI is InChI=1S/C29H26FN3O4.C2H6.H2/c1-4-19-6-5-7-21(14-19)33-28(34)27-17(2)22(20-8-9-24-25(15-20)36-13-12-35-24)16-31-29(27)37-23-10-11-26(30)32-18(23)3;1-2;/h5-11,14-16H,4,12-13H2,1-3H3,(H,33,34);1-2H3;1H. The van der Waals surface area contributed by atoms with Crippen LogP contribution in [0.3, 0.4) is 0 Å². The molecule has 0 saturated heterocycles. The molecule has 0 atom stereocenters. The summed E-state index contributed by atoms with van der Waals surface area (Å²) in [6.07, 6.45) is 2.49. The predicted molar refractivity (Wildman–Crippen MR) is 152 cm³/mol. The first-order valence-electron chi connectivity index (χ1n) is 13.0. The summed E-state index contributed by atoms with van der Waals surface area (Å²) in [5, 5.41) is 2.97. The number of benzene rings is 2. The zero-order valence-corrected chi connectivity index (χ0v) is 22.8. The third-order valence-corrected chi connectivity index (χ3v) is 6.19. The average Bonchev–Trinajstić information content (AvgIpc) is 2.95. The fourth-order valence-electron chi connectivity index (χ4n) is 4.22. The number of carbonyl (C=O) groups is 1. The van der Waals surface area contributed by atoms with Crippen molar-refractivity contribution < 1.29 is 24.8 Å². The summed E-state index contributed by atoms with van der Waals surface area (Å²) in [5.74, 6) is 0.728. The summed E-state index contributed by atoms with van der Waals surface area (Å²) in [6, 6.07) is 16.0. The van der Waals surface area contributed by atoms with Gasteiger partial charge in [0.05, 0.1) is 5.69 Å². The van der Waals surface area contributed by atoms with E-state index in [0.717, 1.165) is 23.1 Å². The summed E-state index contributed by atoms with van der Waals surface area (Å²) in [6.45, 7) is 10.5. The minimum atomic E-state index is -0.614. The SMILES string of the molecule is CC.CCc1cccc(NC(=O)c2c(Oc3ccc(F)nc3C)ncc(-c3ccc4c(c3)OCCO4)c2C)c1.[HH]. The fraction of sp³-hybridized carbons (Fsp3) is 0.258. The van der Waals surface area contributed by atoms with E-state index in [1.54, 1.807) is 13.1 Å². The Morgan fingerprint density at radius 3 is 2.56 bits per heavy atom. The van der Waals surface area contributed by atoms with Crippen LogP contribution in [-0.2, 0) is 6.42 Å². The molecule has 4 aromatic rings. The largest absolute Gasteiger partial charge is 0.486 e. The lowest BCUT2D eigenvalue weighted by Crippen LogP contribution is -2.17. The summed E-state index contributed by atoms with van der Waals surface area (Å²) in [4.78, 5) is 22.0. The third-order valence-electron chi connectivity index (χ3n) is 6.19. The van der Waals surface area contributed by atoms with Crippen molar-refractivity contribution in [3.63, 3.8) is 0 Å². The van der Waals surface area contributed by atoms with Crippen molar-refractivity contribution in [2.45, 2.75) is 41.0 Å². The number of anilines is 1. The molecule has 0 unspecified atom stereocenters. The molecule has 1 amide bonds. The molecule has 2 aromatic heterocycles. The van der Waals surface area contributed by atoms with E-state index in [1.807, 2.05) is 63.2 Å². The molecule has 5 rings (SSSR count). The summed E-state index contributed by atoms with van der Waals surface area (Å²) >= 11 is 0. The van der Waals surface area contributed by atoms with Crippen molar-refractivity contribution in [3.8, 4) is 34.3 Å². The Balaban J connectivity index is 0.00000144. The second-order valence-electron chi connectivity index (χ2n) is 8.66. The van der Waals surface area contributed by atoms with Gasteiger partial charge in [-0.25, -0.2) is 9.97 Å². The van der Waals surface area contributed by atoms with Gasteiger partial charge in [0.15, 0.2) is 17.2 Å². The summed E-state index contributed by atoms with van der Waals surface area (Å²) in [7, 11) is 0. The first kappa shape index (κ1) is 27.6. The number of halogens is 1. The van der Waals surface area contributed by atoms with Crippen molar-refractivity contribution in [3.05, 3.63) is 89.1 Å². The topological polar surface area (TPSA) is 82.6 Å². The highest BCUT2D eigenvalue weighted by Gasteiger charge is 2.23. The molecular formula is C31H34FN3O4. The van der Waals surface area contributed by atoms with Crippen LogP contribution < -0.4 is 19.5 Å². The molecule has 7 nitrogen and oxygen atoms in total. The van der Waals surface area contributed by atoms with E-state index in [1.165, 1.54) is 12.1 Å². The molecule has 0 aliphatic carbocycles. The molecule has 0 radical (unpaired) electrons. The second-order valence-corrected chi connectivity index (χ2v) is 8.66. The van der Waals surface area contributed by atoms with Crippen molar-refractivity contribution in [2.75, 3.05) is 18.5 Å². The van der Waals surface area contributed by atoms with E-state index in [2.05, 4.69) is 22.2 Å². The molecule has 2 aromatic carbocycles. The lowest BCUT2D eigenvalue weighted by molar-refractivity contribution is 0.102. The zero-order chi connectivity index (χ0) is 27.9. The number of amides is 1. The Morgan fingerprint density at radius 1 is 1.05 bits per heavy atom. The number of fused-ring (bicyclic) bond motifs is 1. The van der Waals surface area contributed by atoms with Crippen LogP contribution in [0.25, 0.3) is 11.1 Å². The first-order chi connectivity index (χ1) is 18.9. The smallest absolute Gasteiger partial charge is 0.261 e. The molecule has 1 aliphatic heterocycles. The summed E-state index contributed by atoms with van der Waals surface area (Å²) in [5.41, 5.74) is 4.60. The van der Waals surface area contributed by atoms with Gasteiger partial charge in [0.25, 0.3) is 5.91 Å². The van der Waals surface area contributed by atoms with Gasteiger partial charge in [-0.05, 0) is 73.4 Å². The van der Waals surface area contributed by atoms with Crippen LogP contribution in [-0.4, -0.2) is 29.1 Å². The predicted octanol–water partition coefficient (Wildman–Crippen LogP) is 7.55. The minimum absolute atomic E-state index is 0. The molecule has 1 N–H and O–H groups in total. The number of hydrogen-bond acceptors (Lipinski definition) is 6. The van der Waals surface area contributed by atoms with Gasteiger partial charge >= 0.3 is 0 Å². The monoisotopic (exact) mass is 531 g/mol. The molecule has 0 spiro atoms. The number of aromatic nitrogens is 2. The van der Waals surface area contributed by atoms with Crippen LogP contribution in [0.15, 0.2) is 60.8 Å². The molecule has 0 fully saturated rings. The van der Waals surface area contributed by atoms with E-state index in [4.69, 9.17) is 14.2 Å². The van der Waals surface area contributed by atoms with Crippen LogP contribution in [0, 0.1) is 19.8 Å². The molecule has 204 valence electrons. The first-order valence-corrected chi connectivity index (χ1v) is 13.0. The van der Waals surface area contributed by atoms with Crippen molar-refractivity contribution >= 4 is 11.6 Å². The maximum Gasteiger partial charge on any atom is 0.261 e. The average molecular weight is 532 g/mol.